The molecule has 0 aliphatic heterocycles. The molecule has 0 saturated carbocycles. The molecule has 0 aromatic heterocycles. The summed E-state index contributed by atoms with van der Waals surface area (Å²) >= 11 is 0. The molecule has 4 N–H and O–H groups in total. The van der Waals surface area contributed by atoms with Crippen LogP contribution < -0.4 is 20.4 Å². The lowest BCUT2D eigenvalue weighted by Crippen LogP contribution is -2.25. The molecule has 0 heterocycles. The van der Waals surface area contributed by atoms with Crippen molar-refractivity contribution < 1.29 is 19.8 Å². The first-order valence-electron chi connectivity index (χ1n) is 15.0. The summed E-state index contributed by atoms with van der Waals surface area (Å²) in [6.45, 7) is 1.64. The fourth-order valence-corrected chi connectivity index (χ4v) is 5.23. The minimum atomic E-state index is -0.548. The lowest BCUT2D eigenvalue weighted by atomic mass is 9.81. The minimum absolute atomic E-state index is 0.135. The first-order valence-corrected chi connectivity index (χ1v) is 15.0. The van der Waals surface area contributed by atoms with Gasteiger partial charge in [-0.3, -0.25) is 19.6 Å². The zero-order valence-electron chi connectivity index (χ0n) is 26.4. The predicted octanol–water partition coefficient (Wildman–Crippen LogP) is 5.07. The number of ketones is 2. The Morgan fingerprint density at radius 2 is 0.935 bits per heavy atom. The molecule has 0 amide bonds. The van der Waals surface area contributed by atoms with Crippen molar-refractivity contribution in [1.82, 2.24) is 0 Å². The van der Waals surface area contributed by atoms with Crippen LogP contribution in [-0.2, 0) is 0 Å². The molecular formula is C36H38N6O4. The second-order valence-corrected chi connectivity index (χ2v) is 11.3. The highest BCUT2D eigenvalue weighted by Gasteiger charge is 2.37. The summed E-state index contributed by atoms with van der Waals surface area (Å²) in [5, 5.41) is 27.5. The van der Waals surface area contributed by atoms with Crippen molar-refractivity contribution in [2.45, 2.75) is 0 Å². The third kappa shape index (κ3) is 6.86. The molecule has 4 aromatic carbocycles. The number of anilines is 4. The lowest BCUT2D eigenvalue weighted by molar-refractivity contribution is 0.0975. The number of aromatic hydroxyl groups is 2. The molecule has 0 bridgehead atoms. The molecule has 236 valence electrons. The van der Waals surface area contributed by atoms with Crippen molar-refractivity contribution >= 4 is 46.7 Å². The number of nitrogens with zero attached hydrogens (tertiary/aromatic N) is 4. The molecule has 4 aromatic rings. The molecule has 0 radical (unpaired) electrons. The number of phenolic OH excluding ortho intramolecular Hbond substituents is 2. The lowest BCUT2D eigenvalue weighted by Gasteiger charge is -2.24. The third-order valence-corrected chi connectivity index (χ3v) is 7.69. The van der Waals surface area contributed by atoms with E-state index < -0.39 is 11.6 Å². The van der Waals surface area contributed by atoms with Gasteiger partial charge in [-0.05, 0) is 59.7 Å². The average Bonchev–Trinajstić information content (AvgIpc) is 3.04. The predicted molar refractivity (Wildman–Crippen MR) is 187 cm³/mol. The molecule has 46 heavy (non-hydrogen) atoms. The van der Waals surface area contributed by atoms with E-state index in [0.717, 1.165) is 22.5 Å². The van der Waals surface area contributed by atoms with Crippen LogP contribution in [0.5, 0.6) is 11.5 Å². The van der Waals surface area contributed by atoms with Gasteiger partial charge in [-0.15, -0.1) is 0 Å². The van der Waals surface area contributed by atoms with Gasteiger partial charge in [0.05, 0.1) is 35.3 Å². The van der Waals surface area contributed by atoms with Gasteiger partial charge in [0.15, 0.2) is 0 Å². The van der Waals surface area contributed by atoms with Crippen LogP contribution in [0.2, 0.25) is 0 Å². The minimum Gasteiger partial charge on any atom is -0.507 e. The topological polar surface area (TPSA) is 130 Å². The summed E-state index contributed by atoms with van der Waals surface area (Å²) in [6, 6.07) is 21.9. The Morgan fingerprint density at radius 1 is 0.565 bits per heavy atom. The van der Waals surface area contributed by atoms with Crippen molar-refractivity contribution in [3.8, 4) is 11.5 Å². The Kier molecular flexibility index (Phi) is 9.66. The van der Waals surface area contributed by atoms with E-state index in [1.54, 1.807) is 24.6 Å². The Morgan fingerprint density at radius 3 is 1.28 bits per heavy atom. The van der Waals surface area contributed by atoms with Gasteiger partial charge >= 0.3 is 0 Å². The second-order valence-electron chi connectivity index (χ2n) is 11.3. The summed E-state index contributed by atoms with van der Waals surface area (Å²) in [7, 11) is 7.94. The van der Waals surface area contributed by atoms with Gasteiger partial charge in [-0.2, -0.15) is 0 Å². The van der Waals surface area contributed by atoms with Crippen LogP contribution in [0.4, 0.5) is 22.7 Å². The Hall–Kier alpha value is -5.64. The Labute approximate surface area is 268 Å². The zero-order chi connectivity index (χ0) is 32.8. The van der Waals surface area contributed by atoms with Gasteiger partial charge in [-0.25, -0.2) is 0 Å². The first kappa shape index (κ1) is 31.8. The SMILES string of the molecule is CN(C)c1ccc(C=NCCNc2ccc(NCCN=Cc3ccc(N(C)C)cc3)c3c2C(=O)c2c(O)ccc(O)c2C3=O)cc1. The number of benzene rings is 4. The molecule has 0 spiro atoms. The van der Waals surface area contributed by atoms with Crippen LogP contribution in [0.3, 0.4) is 0 Å². The molecule has 5 rings (SSSR count). The molecule has 1 aliphatic carbocycles. The summed E-state index contributed by atoms with van der Waals surface area (Å²) in [6.07, 6.45) is 3.58. The number of hydrogen-bond donors (Lipinski definition) is 4. The first-order chi connectivity index (χ1) is 22.2. The van der Waals surface area contributed by atoms with E-state index in [-0.39, 0.29) is 33.8 Å². The average molecular weight is 619 g/mol. The van der Waals surface area contributed by atoms with E-state index in [0.29, 0.717) is 37.6 Å². The standard InChI is InChI=1S/C36H38N6O4/c1-41(2)25-9-5-23(6-10-25)21-37-17-19-39-27-13-14-28(40-20-18-38-22-24-7-11-26(12-8-24)42(3)4)32-31(27)35(45)33-29(43)15-16-30(44)34(33)36(32)46/h5-16,21-22,39-40,43-44H,17-20H2,1-4H3. The van der Waals surface area contributed by atoms with E-state index in [9.17, 15) is 19.8 Å². The van der Waals surface area contributed by atoms with E-state index in [1.165, 1.54) is 12.1 Å². The van der Waals surface area contributed by atoms with Crippen molar-refractivity contribution in [3.63, 3.8) is 0 Å². The number of rotatable bonds is 12. The van der Waals surface area contributed by atoms with Crippen molar-refractivity contribution in [2.75, 3.05) is 74.8 Å². The van der Waals surface area contributed by atoms with E-state index in [2.05, 4.69) is 20.6 Å². The maximum Gasteiger partial charge on any atom is 0.200 e. The summed E-state index contributed by atoms with van der Waals surface area (Å²) < 4.78 is 0. The molecule has 0 saturated heterocycles. The molecule has 1 aliphatic rings. The van der Waals surface area contributed by atoms with Gasteiger partial charge in [0, 0.05) is 76.5 Å². The van der Waals surface area contributed by atoms with Gasteiger partial charge < -0.3 is 30.6 Å². The fourth-order valence-electron chi connectivity index (χ4n) is 5.23. The van der Waals surface area contributed by atoms with Crippen LogP contribution in [-0.4, -0.2) is 88.6 Å². The van der Waals surface area contributed by atoms with Crippen LogP contribution in [0, 0.1) is 0 Å². The largest absolute Gasteiger partial charge is 0.507 e. The highest BCUT2D eigenvalue weighted by molar-refractivity contribution is 6.33. The normalized spacial score (nSPS) is 12.3. The van der Waals surface area contributed by atoms with Gasteiger partial charge in [-0.1, -0.05) is 24.3 Å². The molecule has 10 heteroatoms. The second kappa shape index (κ2) is 14.0. The van der Waals surface area contributed by atoms with Crippen molar-refractivity contribution in [2.24, 2.45) is 9.98 Å². The fraction of sp³-hybridized carbons (Fsp3) is 0.222. The summed E-state index contributed by atoms with van der Waals surface area (Å²) in [4.78, 5) is 40.6. The Balaban J connectivity index is 1.32. The summed E-state index contributed by atoms with van der Waals surface area (Å²) in [5.41, 5.74) is 4.88. The molecular weight excluding hydrogens is 580 g/mol. The highest BCUT2D eigenvalue weighted by atomic mass is 16.3. The Bertz CT molecular complexity index is 1660. The van der Waals surface area contributed by atoms with E-state index >= 15 is 0 Å². The quantitative estimate of drug-likeness (QED) is 0.0867. The number of hydrogen-bond acceptors (Lipinski definition) is 10. The number of aliphatic imine (C=N–C) groups is 2. The smallest absolute Gasteiger partial charge is 0.200 e. The number of phenols is 2. The maximum atomic E-state index is 13.8. The number of nitrogens with one attached hydrogen (secondary N) is 2. The highest BCUT2D eigenvalue weighted by Crippen LogP contribution is 2.42. The molecule has 0 atom stereocenters. The number of fused-ring (bicyclic) bond motifs is 2. The van der Waals surface area contributed by atoms with E-state index in [1.807, 2.05) is 86.5 Å². The third-order valence-electron chi connectivity index (χ3n) is 7.69. The molecule has 0 fully saturated rings. The van der Waals surface area contributed by atoms with Crippen molar-refractivity contribution in [3.05, 3.63) is 106 Å². The van der Waals surface area contributed by atoms with Crippen LogP contribution >= 0.6 is 0 Å². The van der Waals surface area contributed by atoms with Gasteiger partial charge in [0.2, 0.25) is 11.6 Å². The number of carbonyl (C=O) groups is 2. The van der Waals surface area contributed by atoms with Crippen LogP contribution in [0.1, 0.15) is 43.0 Å². The summed E-state index contributed by atoms with van der Waals surface area (Å²) in [5.74, 6) is -1.82. The monoisotopic (exact) mass is 618 g/mol. The molecule has 10 nitrogen and oxygen atoms in total. The van der Waals surface area contributed by atoms with Crippen LogP contribution in [0.25, 0.3) is 0 Å². The number of carbonyl (C=O) groups excluding carboxylic acids is 2. The molecule has 0 unspecified atom stereocenters. The van der Waals surface area contributed by atoms with Crippen LogP contribution in [0.15, 0.2) is 82.8 Å². The van der Waals surface area contributed by atoms with E-state index in [4.69, 9.17) is 0 Å². The van der Waals surface area contributed by atoms with Gasteiger partial charge in [0.25, 0.3) is 0 Å². The zero-order valence-corrected chi connectivity index (χ0v) is 26.4. The maximum absolute atomic E-state index is 13.8. The van der Waals surface area contributed by atoms with Crippen molar-refractivity contribution in [1.29, 1.82) is 0 Å². The van der Waals surface area contributed by atoms with Gasteiger partial charge in [0.1, 0.15) is 11.5 Å².